The summed E-state index contributed by atoms with van der Waals surface area (Å²) in [6.45, 7) is 6.71. The third-order valence-corrected chi connectivity index (χ3v) is 5.46. The average Bonchev–Trinajstić information content (AvgIpc) is 2.72. The second-order valence-electron chi connectivity index (χ2n) is 6.70. The Kier molecular flexibility index (Phi) is 3.42. The van der Waals surface area contributed by atoms with Crippen molar-refractivity contribution in [3.8, 4) is 11.1 Å². The number of fused-ring (bicyclic) bond motifs is 3. The Balaban J connectivity index is 1.87. The first-order chi connectivity index (χ1) is 10.8. The van der Waals surface area contributed by atoms with E-state index in [0.29, 0.717) is 12.0 Å². The molecule has 4 rings (SSSR count). The molecule has 2 aliphatic heterocycles. The van der Waals surface area contributed by atoms with E-state index in [1.54, 1.807) is 5.56 Å². The zero-order chi connectivity index (χ0) is 15.1. The monoisotopic (exact) mass is 292 g/mol. The van der Waals surface area contributed by atoms with Crippen LogP contribution in [0.1, 0.15) is 35.4 Å². The Labute approximate surface area is 132 Å². The van der Waals surface area contributed by atoms with Crippen LogP contribution in [-0.4, -0.2) is 19.1 Å². The third-order valence-electron chi connectivity index (χ3n) is 5.46. The smallest absolute Gasteiger partial charge is 0.0384 e. The Morgan fingerprint density at radius 2 is 1.68 bits per heavy atom. The number of rotatable bonds is 1. The molecule has 0 amide bonds. The van der Waals surface area contributed by atoms with Crippen LogP contribution < -0.4 is 10.6 Å². The van der Waals surface area contributed by atoms with Crippen LogP contribution in [0, 0.1) is 13.8 Å². The Morgan fingerprint density at radius 3 is 2.59 bits per heavy atom. The molecule has 0 bridgehead atoms. The lowest BCUT2D eigenvalue weighted by molar-refractivity contribution is 0.579. The number of benzene rings is 2. The summed E-state index contributed by atoms with van der Waals surface area (Å²) >= 11 is 0. The fourth-order valence-electron chi connectivity index (χ4n) is 4.13. The first kappa shape index (κ1) is 13.8. The maximum Gasteiger partial charge on any atom is 0.0384 e. The van der Waals surface area contributed by atoms with Crippen molar-refractivity contribution in [2.24, 2.45) is 0 Å². The van der Waals surface area contributed by atoms with Gasteiger partial charge in [-0.3, -0.25) is 0 Å². The summed E-state index contributed by atoms with van der Waals surface area (Å²) in [5, 5.41) is 7.33. The predicted octanol–water partition coefficient (Wildman–Crippen LogP) is 4.23. The molecule has 114 valence electrons. The summed E-state index contributed by atoms with van der Waals surface area (Å²) in [7, 11) is 0. The minimum atomic E-state index is 0.594. The highest BCUT2D eigenvalue weighted by Gasteiger charge is 2.34. The van der Waals surface area contributed by atoms with E-state index >= 15 is 0 Å². The number of anilines is 1. The highest BCUT2D eigenvalue weighted by Crippen LogP contribution is 2.45. The van der Waals surface area contributed by atoms with E-state index in [0.717, 1.165) is 13.1 Å². The van der Waals surface area contributed by atoms with Crippen molar-refractivity contribution >= 4 is 5.69 Å². The first-order valence-electron chi connectivity index (χ1n) is 8.42. The van der Waals surface area contributed by atoms with Gasteiger partial charge in [0.2, 0.25) is 0 Å². The van der Waals surface area contributed by atoms with Crippen molar-refractivity contribution in [2.45, 2.75) is 38.6 Å². The van der Waals surface area contributed by atoms with Crippen LogP contribution in [0.25, 0.3) is 11.1 Å². The van der Waals surface area contributed by atoms with Crippen LogP contribution in [-0.2, 0) is 0 Å². The summed E-state index contributed by atoms with van der Waals surface area (Å²) in [5.74, 6) is 0.640. The summed E-state index contributed by atoms with van der Waals surface area (Å²) in [6.07, 6.45) is 2.44. The summed E-state index contributed by atoms with van der Waals surface area (Å²) < 4.78 is 0. The van der Waals surface area contributed by atoms with Crippen LogP contribution in [0.5, 0.6) is 0 Å². The van der Waals surface area contributed by atoms with Gasteiger partial charge in [-0.1, -0.05) is 30.3 Å². The van der Waals surface area contributed by atoms with Crippen molar-refractivity contribution in [3.05, 3.63) is 53.1 Å². The molecule has 2 N–H and O–H groups in total. The lowest BCUT2D eigenvalue weighted by atomic mass is 9.84. The number of nitrogens with one attached hydrogen (secondary N) is 2. The molecule has 0 aromatic heterocycles. The van der Waals surface area contributed by atoms with E-state index in [2.05, 4.69) is 60.9 Å². The van der Waals surface area contributed by atoms with Gasteiger partial charge in [-0.05, 0) is 73.7 Å². The minimum Gasteiger partial charge on any atom is -0.381 e. The van der Waals surface area contributed by atoms with Crippen molar-refractivity contribution in [2.75, 3.05) is 18.4 Å². The SMILES string of the molecule is Cc1cccc(-c2cccc3c2C2CCNCCC2N3)c1C. The zero-order valence-electron chi connectivity index (χ0n) is 13.4. The predicted molar refractivity (Wildman–Crippen MR) is 93.6 cm³/mol. The Hall–Kier alpha value is -1.80. The summed E-state index contributed by atoms with van der Waals surface area (Å²) in [6, 6.07) is 14.0. The topological polar surface area (TPSA) is 24.1 Å². The molecule has 2 aromatic carbocycles. The number of hydrogen-bond donors (Lipinski definition) is 2. The summed E-state index contributed by atoms with van der Waals surface area (Å²) in [5.41, 5.74) is 8.52. The van der Waals surface area contributed by atoms with Crippen LogP contribution in [0.2, 0.25) is 0 Å². The van der Waals surface area contributed by atoms with E-state index in [4.69, 9.17) is 0 Å². The van der Waals surface area contributed by atoms with Gasteiger partial charge in [0, 0.05) is 17.6 Å². The van der Waals surface area contributed by atoms with E-state index in [1.807, 2.05) is 0 Å². The van der Waals surface area contributed by atoms with Crippen LogP contribution in [0.4, 0.5) is 5.69 Å². The van der Waals surface area contributed by atoms with Gasteiger partial charge in [-0.25, -0.2) is 0 Å². The quantitative estimate of drug-likeness (QED) is 0.822. The Morgan fingerprint density at radius 1 is 0.909 bits per heavy atom. The van der Waals surface area contributed by atoms with Gasteiger partial charge in [0.25, 0.3) is 0 Å². The standard InChI is InChI=1S/C20H24N2/c1-13-5-3-6-15(14(13)2)16-7-4-8-19-20(16)17-9-11-21-12-10-18(17)22-19/h3-8,17-18,21-22H,9-12H2,1-2H3. The van der Waals surface area contributed by atoms with Crippen molar-refractivity contribution in [1.29, 1.82) is 0 Å². The molecule has 22 heavy (non-hydrogen) atoms. The second kappa shape index (κ2) is 5.44. The van der Waals surface area contributed by atoms with Crippen LogP contribution >= 0.6 is 0 Å². The first-order valence-corrected chi connectivity index (χ1v) is 8.42. The highest BCUT2D eigenvalue weighted by molar-refractivity contribution is 5.79. The van der Waals surface area contributed by atoms with E-state index in [-0.39, 0.29) is 0 Å². The minimum absolute atomic E-state index is 0.594. The van der Waals surface area contributed by atoms with Gasteiger partial charge >= 0.3 is 0 Å². The average molecular weight is 292 g/mol. The third kappa shape index (κ3) is 2.14. The number of aryl methyl sites for hydroxylation is 1. The molecule has 2 atom stereocenters. The molecule has 2 aliphatic rings. The molecule has 2 aromatic rings. The van der Waals surface area contributed by atoms with Crippen molar-refractivity contribution < 1.29 is 0 Å². The normalized spacial score (nSPS) is 23.4. The lowest BCUT2D eigenvalue weighted by Gasteiger charge is -2.19. The molecule has 0 spiro atoms. The molecule has 2 unspecified atom stereocenters. The van der Waals surface area contributed by atoms with Gasteiger partial charge in [-0.15, -0.1) is 0 Å². The van der Waals surface area contributed by atoms with Crippen molar-refractivity contribution in [3.63, 3.8) is 0 Å². The largest absolute Gasteiger partial charge is 0.381 e. The fourth-order valence-corrected chi connectivity index (χ4v) is 4.13. The van der Waals surface area contributed by atoms with Crippen LogP contribution in [0.3, 0.4) is 0 Å². The maximum absolute atomic E-state index is 3.78. The molecule has 0 aliphatic carbocycles. The zero-order valence-corrected chi connectivity index (χ0v) is 13.4. The summed E-state index contributed by atoms with van der Waals surface area (Å²) in [4.78, 5) is 0. The van der Waals surface area contributed by atoms with Gasteiger partial charge in [0.15, 0.2) is 0 Å². The lowest BCUT2D eigenvalue weighted by Crippen LogP contribution is -2.21. The van der Waals surface area contributed by atoms with Gasteiger partial charge in [0.1, 0.15) is 0 Å². The molecule has 1 saturated heterocycles. The molecular formula is C20H24N2. The van der Waals surface area contributed by atoms with Gasteiger partial charge in [0.05, 0.1) is 0 Å². The Bertz CT molecular complexity index is 705. The fraction of sp³-hybridized carbons (Fsp3) is 0.400. The van der Waals surface area contributed by atoms with Gasteiger partial charge in [-0.2, -0.15) is 0 Å². The molecular weight excluding hydrogens is 268 g/mol. The molecule has 2 nitrogen and oxygen atoms in total. The molecule has 2 heteroatoms. The van der Waals surface area contributed by atoms with Crippen molar-refractivity contribution in [1.82, 2.24) is 5.32 Å². The molecule has 1 fully saturated rings. The highest BCUT2D eigenvalue weighted by atomic mass is 15.0. The van der Waals surface area contributed by atoms with Crippen LogP contribution in [0.15, 0.2) is 36.4 Å². The second-order valence-corrected chi connectivity index (χ2v) is 6.70. The van der Waals surface area contributed by atoms with Gasteiger partial charge < -0.3 is 10.6 Å². The number of hydrogen-bond acceptors (Lipinski definition) is 2. The van der Waals surface area contributed by atoms with E-state index in [9.17, 15) is 0 Å². The molecule has 0 radical (unpaired) electrons. The molecule has 2 heterocycles. The van der Waals surface area contributed by atoms with E-state index in [1.165, 1.54) is 40.8 Å². The molecule has 0 saturated carbocycles. The maximum atomic E-state index is 3.78. The van der Waals surface area contributed by atoms with E-state index < -0.39 is 0 Å².